The molecule has 1 aliphatic heterocycles. The number of carbonyl (C=O) groups is 1. The van der Waals surface area contributed by atoms with E-state index in [2.05, 4.69) is 10.3 Å². The fourth-order valence-corrected chi connectivity index (χ4v) is 4.26. The van der Waals surface area contributed by atoms with Crippen molar-refractivity contribution >= 4 is 39.9 Å². The fraction of sp³-hybridized carbons (Fsp3) is 0.286. The van der Waals surface area contributed by atoms with Crippen LogP contribution in [0.4, 0.5) is 15.8 Å². The molecule has 0 radical (unpaired) electrons. The van der Waals surface area contributed by atoms with Gasteiger partial charge in [-0.2, -0.15) is 0 Å². The molecule has 2 heterocycles. The summed E-state index contributed by atoms with van der Waals surface area (Å²) < 4.78 is 21.1. The molecule has 1 aromatic heterocycles. The van der Waals surface area contributed by atoms with Gasteiger partial charge in [0.25, 0.3) is 11.2 Å². The van der Waals surface area contributed by atoms with Gasteiger partial charge in [0.1, 0.15) is 5.82 Å². The Bertz CT molecular complexity index is 1240. The summed E-state index contributed by atoms with van der Waals surface area (Å²) in [5.74, 6) is -1.54. The number of nitro benzene ring substituents is 1. The maximum absolute atomic E-state index is 14.0. The Morgan fingerprint density at radius 1 is 1.34 bits per heavy atom. The molecule has 3 aromatic rings. The van der Waals surface area contributed by atoms with Gasteiger partial charge in [-0.3, -0.25) is 24.3 Å². The number of rotatable bonds is 7. The van der Waals surface area contributed by atoms with Crippen molar-refractivity contribution in [3.05, 3.63) is 68.7 Å². The predicted octanol–water partition coefficient (Wildman–Crippen LogP) is 3.35. The molecular weight excluding hydrogens is 439 g/mol. The second-order valence-electron chi connectivity index (χ2n) is 7.22. The first kappa shape index (κ1) is 21.9. The highest BCUT2D eigenvalue weighted by Gasteiger charge is 2.21. The number of halogens is 1. The molecular formula is C21H19FN4O5S. The molecule has 1 unspecified atom stereocenters. The Kier molecular flexibility index (Phi) is 6.47. The first-order valence-electron chi connectivity index (χ1n) is 9.90. The quantitative estimate of drug-likeness (QED) is 0.250. The van der Waals surface area contributed by atoms with Crippen molar-refractivity contribution in [1.29, 1.82) is 0 Å². The molecule has 2 aromatic carbocycles. The third-order valence-corrected chi connectivity index (χ3v) is 5.98. The normalized spacial score (nSPS) is 15.7. The minimum absolute atomic E-state index is 0.109. The number of hydrogen-bond donors (Lipinski definition) is 1. The number of para-hydroxylation sites is 1. The van der Waals surface area contributed by atoms with Crippen LogP contribution >= 0.6 is 11.8 Å². The lowest BCUT2D eigenvalue weighted by Crippen LogP contribution is -2.29. The minimum atomic E-state index is -0.784. The standard InChI is InChI=1S/C21H19FN4O5S/c22-16-8-7-13(26(29)30)10-18(16)23-19(27)12-32-21-24-17-6-2-1-5-15(17)20(28)25(21)11-14-4-3-9-31-14/h1-2,5-8,10,14H,3-4,9,11-12H2,(H,23,27). The molecule has 0 aliphatic carbocycles. The number of benzene rings is 2. The molecule has 0 spiro atoms. The van der Waals surface area contributed by atoms with E-state index in [-0.39, 0.29) is 28.8 Å². The topological polar surface area (TPSA) is 116 Å². The maximum Gasteiger partial charge on any atom is 0.271 e. The maximum atomic E-state index is 14.0. The van der Waals surface area contributed by atoms with E-state index >= 15 is 0 Å². The number of aromatic nitrogens is 2. The van der Waals surface area contributed by atoms with E-state index in [1.807, 2.05) is 0 Å². The van der Waals surface area contributed by atoms with Crippen LogP contribution in [0.15, 0.2) is 52.4 Å². The van der Waals surface area contributed by atoms with Crippen molar-refractivity contribution < 1.29 is 18.8 Å². The Morgan fingerprint density at radius 3 is 2.91 bits per heavy atom. The van der Waals surface area contributed by atoms with Gasteiger partial charge in [0.15, 0.2) is 5.16 Å². The SMILES string of the molecule is O=C(CSc1nc2ccccc2c(=O)n1CC1CCCO1)Nc1cc([N+](=O)[O-])ccc1F. The van der Waals surface area contributed by atoms with Crippen LogP contribution in [0.1, 0.15) is 12.8 Å². The van der Waals surface area contributed by atoms with Gasteiger partial charge >= 0.3 is 0 Å². The number of fused-ring (bicyclic) bond motifs is 1. The van der Waals surface area contributed by atoms with Crippen LogP contribution in [0.5, 0.6) is 0 Å². The molecule has 0 saturated carbocycles. The lowest BCUT2D eigenvalue weighted by molar-refractivity contribution is -0.384. The number of carbonyl (C=O) groups excluding carboxylic acids is 1. The second kappa shape index (κ2) is 9.45. The Balaban J connectivity index is 1.55. The van der Waals surface area contributed by atoms with Crippen molar-refractivity contribution in [1.82, 2.24) is 9.55 Å². The Morgan fingerprint density at radius 2 is 2.16 bits per heavy atom. The van der Waals surface area contributed by atoms with E-state index < -0.39 is 16.6 Å². The van der Waals surface area contributed by atoms with Crippen LogP contribution in [0.3, 0.4) is 0 Å². The van der Waals surface area contributed by atoms with Crippen molar-refractivity contribution in [3.63, 3.8) is 0 Å². The monoisotopic (exact) mass is 458 g/mol. The third-order valence-electron chi connectivity index (χ3n) is 5.00. The zero-order chi connectivity index (χ0) is 22.7. The summed E-state index contributed by atoms with van der Waals surface area (Å²) in [6, 6.07) is 9.84. The van der Waals surface area contributed by atoms with Gasteiger partial charge in [-0.1, -0.05) is 23.9 Å². The Labute approximate surface area is 185 Å². The first-order chi connectivity index (χ1) is 15.4. The highest BCUT2D eigenvalue weighted by Crippen LogP contribution is 2.23. The van der Waals surface area contributed by atoms with Crippen LogP contribution in [-0.4, -0.2) is 38.8 Å². The molecule has 1 amide bonds. The van der Waals surface area contributed by atoms with Crippen LogP contribution in [-0.2, 0) is 16.1 Å². The molecule has 1 N–H and O–H groups in total. The van der Waals surface area contributed by atoms with E-state index in [4.69, 9.17) is 4.74 Å². The molecule has 1 atom stereocenters. The van der Waals surface area contributed by atoms with Crippen LogP contribution in [0.2, 0.25) is 0 Å². The van der Waals surface area contributed by atoms with Gasteiger partial charge in [0.05, 0.1) is 39.9 Å². The largest absolute Gasteiger partial charge is 0.376 e. The van der Waals surface area contributed by atoms with E-state index in [0.717, 1.165) is 42.8 Å². The van der Waals surface area contributed by atoms with E-state index in [0.29, 0.717) is 29.2 Å². The number of hydrogen-bond acceptors (Lipinski definition) is 7. The van der Waals surface area contributed by atoms with Crippen LogP contribution < -0.4 is 10.9 Å². The molecule has 11 heteroatoms. The van der Waals surface area contributed by atoms with Crippen LogP contribution in [0.25, 0.3) is 10.9 Å². The zero-order valence-electron chi connectivity index (χ0n) is 16.8. The summed E-state index contributed by atoms with van der Waals surface area (Å²) in [5, 5.41) is 14.1. The average molecular weight is 458 g/mol. The summed E-state index contributed by atoms with van der Waals surface area (Å²) in [6.07, 6.45) is 1.64. The van der Waals surface area contributed by atoms with Crippen molar-refractivity contribution in [2.45, 2.75) is 30.6 Å². The Hall–Kier alpha value is -3.31. The van der Waals surface area contributed by atoms with Crippen LogP contribution in [0, 0.1) is 15.9 Å². The number of thioether (sulfide) groups is 1. The summed E-state index contributed by atoms with van der Waals surface area (Å²) in [6.45, 7) is 0.959. The predicted molar refractivity (Wildman–Crippen MR) is 117 cm³/mol. The van der Waals surface area contributed by atoms with Gasteiger partial charge in [-0.05, 0) is 31.0 Å². The number of ether oxygens (including phenoxy) is 1. The number of nitro groups is 1. The summed E-state index contributed by atoms with van der Waals surface area (Å²) >= 11 is 1.03. The lowest BCUT2D eigenvalue weighted by Gasteiger charge is -2.16. The fourth-order valence-electron chi connectivity index (χ4n) is 3.45. The van der Waals surface area contributed by atoms with E-state index in [1.165, 1.54) is 4.57 Å². The molecule has 9 nitrogen and oxygen atoms in total. The number of nitrogens with one attached hydrogen (secondary N) is 1. The zero-order valence-corrected chi connectivity index (χ0v) is 17.6. The lowest BCUT2D eigenvalue weighted by atomic mass is 10.2. The minimum Gasteiger partial charge on any atom is -0.376 e. The molecule has 1 fully saturated rings. The van der Waals surface area contributed by atoms with Gasteiger partial charge in [0, 0.05) is 18.7 Å². The van der Waals surface area contributed by atoms with Gasteiger partial charge in [-0.25, -0.2) is 9.37 Å². The molecule has 4 rings (SSSR count). The molecule has 1 saturated heterocycles. The molecule has 166 valence electrons. The number of non-ortho nitro benzene ring substituents is 1. The van der Waals surface area contributed by atoms with Crippen molar-refractivity contribution in [2.24, 2.45) is 0 Å². The van der Waals surface area contributed by atoms with Crippen molar-refractivity contribution in [2.75, 3.05) is 17.7 Å². The van der Waals surface area contributed by atoms with Crippen molar-refractivity contribution in [3.8, 4) is 0 Å². The van der Waals surface area contributed by atoms with E-state index in [9.17, 15) is 24.1 Å². The summed E-state index contributed by atoms with van der Waals surface area (Å²) in [5.41, 5.74) is -0.337. The molecule has 32 heavy (non-hydrogen) atoms. The second-order valence-corrected chi connectivity index (χ2v) is 8.16. The number of nitrogens with zero attached hydrogens (tertiary/aromatic N) is 3. The molecule has 0 bridgehead atoms. The highest BCUT2D eigenvalue weighted by atomic mass is 32.2. The average Bonchev–Trinajstić information content (AvgIpc) is 3.29. The van der Waals surface area contributed by atoms with Gasteiger partial charge < -0.3 is 10.1 Å². The van der Waals surface area contributed by atoms with Gasteiger partial charge in [-0.15, -0.1) is 0 Å². The number of amides is 1. The summed E-state index contributed by atoms with van der Waals surface area (Å²) in [7, 11) is 0. The smallest absolute Gasteiger partial charge is 0.271 e. The number of anilines is 1. The molecule has 1 aliphatic rings. The highest BCUT2D eigenvalue weighted by molar-refractivity contribution is 7.99. The van der Waals surface area contributed by atoms with Gasteiger partial charge in [0.2, 0.25) is 5.91 Å². The third kappa shape index (κ3) is 4.78. The van der Waals surface area contributed by atoms with E-state index in [1.54, 1.807) is 24.3 Å². The first-order valence-corrected chi connectivity index (χ1v) is 10.9. The summed E-state index contributed by atoms with van der Waals surface area (Å²) in [4.78, 5) is 40.2.